The molecule has 16 heavy (non-hydrogen) atoms. The molecule has 0 N–H and O–H groups in total. The van der Waals surface area contributed by atoms with Crippen molar-refractivity contribution in [3.05, 3.63) is 24.6 Å². The van der Waals surface area contributed by atoms with Gasteiger partial charge in [-0.2, -0.15) is 5.01 Å². The highest BCUT2D eigenvalue weighted by Gasteiger charge is 2.45. The van der Waals surface area contributed by atoms with Crippen molar-refractivity contribution in [1.29, 1.82) is 0 Å². The Hall–Kier alpha value is -0.960. The second kappa shape index (κ2) is 3.81. The van der Waals surface area contributed by atoms with Crippen molar-refractivity contribution in [2.24, 2.45) is 0 Å². The SMILES string of the molecule is CC1(C)CCCC(C)(C)N1N1[C]=CC=CO1. The molecule has 0 bridgehead atoms. The number of hydrogen-bond donors (Lipinski definition) is 0. The zero-order valence-electron chi connectivity index (χ0n) is 10.7. The molecule has 3 nitrogen and oxygen atoms in total. The minimum absolute atomic E-state index is 0.105. The summed E-state index contributed by atoms with van der Waals surface area (Å²) < 4.78 is 0. The minimum Gasteiger partial charge on any atom is -0.371 e. The van der Waals surface area contributed by atoms with Crippen molar-refractivity contribution in [3.8, 4) is 0 Å². The van der Waals surface area contributed by atoms with Gasteiger partial charge in [0, 0.05) is 11.1 Å². The van der Waals surface area contributed by atoms with Gasteiger partial charge in [-0.15, -0.1) is 5.17 Å². The van der Waals surface area contributed by atoms with E-state index in [1.807, 2.05) is 12.2 Å². The van der Waals surface area contributed by atoms with Crippen LogP contribution in [0.25, 0.3) is 0 Å². The first-order valence-electron chi connectivity index (χ1n) is 5.95. The highest BCUT2D eigenvalue weighted by molar-refractivity contribution is 5.01. The highest BCUT2D eigenvalue weighted by atomic mass is 16.7. The molecule has 3 heteroatoms. The van der Waals surface area contributed by atoms with Crippen molar-refractivity contribution >= 4 is 0 Å². The van der Waals surface area contributed by atoms with Crippen LogP contribution >= 0.6 is 0 Å². The number of hydroxylamine groups is 1. The molecule has 2 aliphatic heterocycles. The Morgan fingerprint density at radius 1 is 1.12 bits per heavy atom. The van der Waals surface area contributed by atoms with Crippen LogP contribution in [-0.2, 0) is 4.84 Å². The Bertz CT molecular complexity index is 302. The molecule has 0 aliphatic carbocycles. The summed E-state index contributed by atoms with van der Waals surface area (Å²) in [7, 11) is 0. The van der Waals surface area contributed by atoms with E-state index in [1.165, 1.54) is 19.3 Å². The molecule has 1 saturated heterocycles. The van der Waals surface area contributed by atoms with Gasteiger partial charge in [0.15, 0.2) is 0 Å². The fourth-order valence-corrected chi connectivity index (χ4v) is 2.85. The van der Waals surface area contributed by atoms with Gasteiger partial charge >= 0.3 is 0 Å². The molecule has 2 heterocycles. The third-order valence-electron chi connectivity index (χ3n) is 3.43. The Morgan fingerprint density at radius 2 is 1.75 bits per heavy atom. The van der Waals surface area contributed by atoms with Gasteiger partial charge in [0.1, 0.15) is 12.5 Å². The normalized spacial score (nSPS) is 27.9. The topological polar surface area (TPSA) is 15.7 Å². The summed E-state index contributed by atoms with van der Waals surface area (Å²) in [5.74, 6) is 0. The second-order valence-electron chi connectivity index (χ2n) is 5.79. The zero-order valence-corrected chi connectivity index (χ0v) is 10.7. The molecular weight excluding hydrogens is 200 g/mol. The molecule has 2 rings (SSSR count). The van der Waals surface area contributed by atoms with E-state index in [-0.39, 0.29) is 11.1 Å². The van der Waals surface area contributed by atoms with Gasteiger partial charge in [-0.3, -0.25) is 0 Å². The second-order valence-corrected chi connectivity index (χ2v) is 5.79. The van der Waals surface area contributed by atoms with Crippen LogP contribution in [0.2, 0.25) is 0 Å². The van der Waals surface area contributed by atoms with Crippen LogP contribution in [0, 0.1) is 6.20 Å². The van der Waals surface area contributed by atoms with Gasteiger partial charge in [-0.05, 0) is 59.1 Å². The summed E-state index contributed by atoms with van der Waals surface area (Å²) in [5, 5.41) is 4.04. The van der Waals surface area contributed by atoms with Crippen LogP contribution in [0.3, 0.4) is 0 Å². The van der Waals surface area contributed by atoms with Crippen molar-refractivity contribution in [3.63, 3.8) is 0 Å². The summed E-state index contributed by atoms with van der Waals surface area (Å²) >= 11 is 0. The van der Waals surface area contributed by atoms with Crippen LogP contribution in [0.15, 0.2) is 18.4 Å². The monoisotopic (exact) mass is 221 g/mol. The summed E-state index contributed by atoms with van der Waals surface area (Å²) in [4.78, 5) is 5.52. The van der Waals surface area contributed by atoms with Crippen LogP contribution in [0.5, 0.6) is 0 Å². The van der Waals surface area contributed by atoms with Crippen LogP contribution < -0.4 is 0 Å². The smallest absolute Gasteiger partial charge is 0.123 e. The molecule has 0 aromatic rings. The van der Waals surface area contributed by atoms with E-state index in [9.17, 15) is 0 Å². The molecule has 0 atom stereocenters. The number of nitrogens with zero attached hydrogens (tertiary/aromatic N) is 2. The van der Waals surface area contributed by atoms with Crippen molar-refractivity contribution in [2.75, 3.05) is 0 Å². The third kappa shape index (κ3) is 1.96. The first-order chi connectivity index (χ1) is 7.43. The molecule has 89 valence electrons. The Labute approximate surface area is 98.3 Å². The van der Waals surface area contributed by atoms with E-state index in [0.29, 0.717) is 0 Å². The molecule has 0 amide bonds. The van der Waals surface area contributed by atoms with E-state index in [4.69, 9.17) is 4.84 Å². The van der Waals surface area contributed by atoms with Crippen LogP contribution in [0.1, 0.15) is 47.0 Å². The summed E-state index contributed by atoms with van der Waals surface area (Å²) in [6.45, 7) is 9.04. The van der Waals surface area contributed by atoms with E-state index >= 15 is 0 Å². The van der Waals surface area contributed by atoms with Gasteiger partial charge in [0.2, 0.25) is 0 Å². The van der Waals surface area contributed by atoms with Gasteiger partial charge in [0.25, 0.3) is 0 Å². The lowest BCUT2D eigenvalue weighted by molar-refractivity contribution is -0.301. The van der Waals surface area contributed by atoms with Crippen molar-refractivity contribution in [1.82, 2.24) is 10.2 Å². The maximum absolute atomic E-state index is 5.52. The van der Waals surface area contributed by atoms with Gasteiger partial charge in [-0.1, -0.05) is 0 Å². The van der Waals surface area contributed by atoms with E-state index in [1.54, 1.807) is 11.4 Å². The predicted molar refractivity (Wildman–Crippen MR) is 63.7 cm³/mol. The Balaban J connectivity index is 2.26. The number of hydrazine groups is 1. The molecule has 0 unspecified atom stereocenters. The molecule has 2 aliphatic rings. The number of rotatable bonds is 1. The van der Waals surface area contributed by atoms with Crippen molar-refractivity contribution in [2.45, 2.75) is 58.0 Å². The predicted octanol–water partition coefficient (Wildman–Crippen LogP) is 3.02. The maximum Gasteiger partial charge on any atom is 0.123 e. The standard InChI is InChI=1S/C13H21N2O/c1-12(2)8-7-9-13(3,4)15(12)14-10-5-6-11-16-14/h5-6,11H,7-9H2,1-4H3. The quantitative estimate of drug-likeness (QED) is 0.677. The van der Waals surface area contributed by atoms with E-state index < -0.39 is 0 Å². The summed E-state index contributed by atoms with van der Waals surface area (Å²) in [6, 6.07) is 0. The first kappa shape index (κ1) is 11.5. The molecule has 1 radical (unpaired) electrons. The van der Waals surface area contributed by atoms with E-state index in [2.05, 4.69) is 38.9 Å². The Morgan fingerprint density at radius 3 is 2.25 bits per heavy atom. The summed E-state index contributed by atoms with van der Waals surface area (Å²) in [5.41, 5.74) is 0.210. The lowest BCUT2D eigenvalue weighted by Crippen LogP contribution is -2.64. The van der Waals surface area contributed by atoms with Crippen molar-refractivity contribution < 1.29 is 4.84 Å². The van der Waals surface area contributed by atoms with Gasteiger partial charge in [0.05, 0.1) is 0 Å². The molecule has 0 spiro atoms. The van der Waals surface area contributed by atoms with Crippen LogP contribution in [-0.4, -0.2) is 21.3 Å². The van der Waals surface area contributed by atoms with E-state index in [0.717, 1.165) is 0 Å². The average molecular weight is 221 g/mol. The zero-order chi connectivity index (χ0) is 11.8. The van der Waals surface area contributed by atoms with Gasteiger partial charge < -0.3 is 4.84 Å². The Kier molecular flexibility index (Phi) is 2.74. The molecule has 0 aromatic heterocycles. The third-order valence-corrected chi connectivity index (χ3v) is 3.43. The fraction of sp³-hybridized carbons (Fsp3) is 0.692. The number of piperidine rings is 1. The molecule has 1 fully saturated rings. The highest BCUT2D eigenvalue weighted by Crippen LogP contribution is 2.39. The molecule has 0 saturated carbocycles. The number of hydrogen-bond acceptors (Lipinski definition) is 3. The lowest BCUT2D eigenvalue weighted by Gasteiger charge is -2.54. The summed E-state index contributed by atoms with van der Waals surface area (Å²) in [6.07, 6.45) is 12.2. The number of allylic oxidation sites excluding steroid dienone is 2. The average Bonchev–Trinajstić information content (AvgIpc) is 2.16. The largest absolute Gasteiger partial charge is 0.371 e. The van der Waals surface area contributed by atoms with Crippen LogP contribution in [0.4, 0.5) is 0 Å². The minimum atomic E-state index is 0.105. The van der Waals surface area contributed by atoms with Gasteiger partial charge in [-0.25, -0.2) is 0 Å². The molecule has 0 aromatic carbocycles. The lowest BCUT2D eigenvalue weighted by atomic mass is 9.81. The fourth-order valence-electron chi connectivity index (χ4n) is 2.85. The first-order valence-corrected chi connectivity index (χ1v) is 5.95. The maximum atomic E-state index is 5.52. The molecular formula is C13H21N2O.